The third-order valence-electron chi connectivity index (χ3n) is 4.06. The summed E-state index contributed by atoms with van der Waals surface area (Å²) in [6.45, 7) is 3.09. The number of piperidine rings is 1. The molecule has 20 heavy (non-hydrogen) atoms. The lowest BCUT2D eigenvalue weighted by Crippen LogP contribution is -2.39. The van der Waals surface area contributed by atoms with Gasteiger partial charge in [0, 0.05) is 20.0 Å². The maximum Gasteiger partial charge on any atom is 0.222 e. The van der Waals surface area contributed by atoms with Crippen molar-refractivity contribution < 1.29 is 4.79 Å². The SMILES string of the molecule is CN(CC1CCCNC1)C(=O)CCCc1ccccc1. The van der Waals surface area contributed by atoms with Gasteiger partial charge in [0.05, 0.1) is 0 Å². The molecule has 1 saturated heterocycles. The number of carbonyl (C=O) groups is 1. The predicted molar refractivity (Wildman–Crippen MR) is 82.6 cm³/mol. The van der Waals surface area contributed by atoms with Gasteiger partial charge in [0.15, 0.2) is 0 Å². The molecule has 2 rings (SSSR count). The van der Waals surface area contributed by atoms with Gasteiger partial charge in [-0.3, -0.25) is 4.79 Å². The van der Waals surface area contributed by atoms with E-state index < -0.39 is 0 Å². The summed E-state index contributed by atoms with van der Waals surface area (Å²) >= 11 is 0. The summed E-state index contributed by atoms with van der Waals surface area (Å²) in [5, 5.41) is 3.41. The maximum absolute atomic E-state index is 12.1. The normalized spacial score (nSPS) is 18.8. The van der Waals surface area contributed by atoms with E-state index in [2.05, 4.69) is 29.6 Å². The van der Waals surface area contributed by atoms with Gasteiger partial charge in [0.2, 0.25) is 5.91 Å². The number of amides is 1. The van der Waals surface area contributed by atoms with E-state index in [0.717, 1.165) is 32.5 Å². The Hall–Kier alpha value is -1.35. The van der Waals surface area contributed by atoms with Crippen molar-refractivity contribution in [3.63, 3.8) is 0 Å². The number of aryl methyl sites for hydroxylation is 1. The molecule has 1 unspecified atom stereocenters. The minimum absolute atomic E-state index is 0.284. The molecule has 0 aromatic heterocycles. The molecule has 1 heterocycles. The van der Waals surface area contributed by atoms with Crippen LogP contribution >= 0.6 is 0 Å². The smallest absolute Gasteiger partial charge is 0.222 e. The lowest BCUT2D eigenvalue weighted by molar-refractivity contribution is -0.130. The third-order valence-corrected chi connectivity index (χ3v) is 4.06. The van der Waals surface area contributed by atoms with Crippen molar-refractivity contribution >= 4 is 5.91 Å². The molecule has 0 aliphatic carbocycles. The van der Waals surface area contributed by atoms with Crippen LogP contribution in [0.1, 0.15) is 31.2 Å². The highest BCUT2D eigenvalue weighted by Crippen LogP contribution is 2.12. The Morgan fingerprint density at radius 1 is 1.35 bits per heavy atom. The summed E-state index contributed by atoms with van der Waals surface area (Å²) in [6.07, 6.45) is 5.07. The molecular formula is C17H26N2O. The molecule has 1 aromatic carbocycles. The van der Waals surface area contributed by atoms with Gasteiger partial charge < -0.3 is 10.2 Å². The first-order chi connectivity index (χ1) is 9.75. The Labute approximate surface area is 122 Å². The Balaban J connectivity index is 1.65. The second-order valence-electron chi connectivity index (χ2n) is 5.83. The molecule has 3 heteroatoms. The first-order valence-corrected chi connectivity index (χ1v) is 7.74. The van der Waals surface area contributed by atoms with Crippen LogP contribution in [-0.2, 0) is 11.2 Å². The van der Waals surface area contributed by atoms with Gasteiger partial charge >= 0.3 is 0 Å². The average Bonchev–Trinajstić information content (AvgIpc) is 2.49. The van der Waals surface area contributed by atoms with E-state index in [1.54, 1.807) is 0 Å². The van der Waals surface area contributed by atoms with Crippen LogP contribution in [0.2, 0.25) is 0 Å². The van der Waals surface area contributed by atoms with Gasteiger partial charge in [-0.2, -0.15) is 0 Å². The summed E-state index contributed by atoms with van der Waals surface area (Å²) in [5.41, 5.74) is 1.32. The van der Waals surface area contributed by atoms with Crippen molar-refractivity contribution in [2.24, 2.45) is 5.92 Å². The van der Waals surface area contributed by atoms with Gasteiger partial charge in [-0.15, -0.1) is 0 Å². The van der Waals surface area contributed by atoms with E-state index >= 15 is 0 Å². The summed E-state index contributed by atoms with van der Waals surface area (Å²) < 4.78 is 0. The van der Waals surface area contributed by atoms with Crippen LogP contribution < -0.4 is 5.32 Å². The Bertz CT molecular complexity index is 399. The second-order valence-corrected chi connectivity index (χ2v) is 5.83. The van der Waals surface area contributed by atoms with Crippen molar-refractivity contribution in [2.45, 2.75) is 32.1 Å². The predicted octanol–water partition coefficient (Wildman–Crippen LogP) is 2.47. The molecule has 0 spiro atoms. The first kappa shape index (κ1) is 15.0. The van der Waals surface area contributed by atoms with E-state index in [9.17, 15) is 4.79 Å². The zero-order valence-corrected chi connectivity index (χ0v) is 12.5. The number of benzene rings is 1. The molecule has 1 aliphatic rings. The van der Waals surface area contributed by atoms with Crippen LogP contribution in [0.3, 0.4) is 0 Å². The highest BCUT2D eigenvalue weighted by atomic mass is 16.2. The number of hydrogen-bond acceptors (Lipinski definition) is 2. The number of rotatable bonds is 6. The van der Waals surface area contributed by atoms with Crippen LogP contribution in [0, 0.1) is 5.92 Å². The Morgan fingerprint density at radius 2 is 2.15 bits per heavy atom. The standard InChI is InChI=1S/C17H26N2O/c1-19(14-16-10-6-12-18-13-16)17(20)11-5-9-15-7-3-2-4-8-15/h2-4,7-8,16,18H,5-6,9-14H2,1H3. The molecule has 1 fully saturated rings. The zero-order chi connectivity index (χ0) is 14.2. The Kier molecular flexibility index (Phi) is 6.06. The fourth-order valence-corrected chi connectivity index (χ4v) is 2.85. The number of nitrogens with zero attached hydrogens (tertiary/aromatic N) is 1. The van der Waals surface area contributed by atoms with Crippen molar-refractivity contribution in [2.75, 3.05) is 26.7 Å². The number of hydrogen-bond donors (Lipinski definition) is 1. The molecule has 1 aromatic rings. The first-order valence-electron chi connectivity index (χ1n) is 7.74. The minimum atomic E-state index is 0.284. The van der Waals surface area contributed by atoms with Crippen LogP contribution in [0.4, 0.5) is 0 Å². The second kappa shape index (κ2) is 8.05. The summed E-state index contributed by atoms with van der Waals surface area (Å²) in [5.74, 6) is 0.915. The molecule has 110 valence electrons. The van der Waals surface area contributed by atoms with Crippen LogP contribution in [0.15, 0.2) is 30.3 Å². The number of nitrogens with one attached hydrogen (secondary N) is 1. The molecule has 0 radical (unpaired) electrons. The van der Waals surface area contributed by atoms with Crippen LogP contribution in [0.5, 0.6) is 0 Å². The topological polar surface area (TPSA) is 32.3 Å². The van der Waals surface area contributed by atoms with Gasteiger partial charge in [-0.05, 0) is 50.3 Å². The summed E-state index contributed by atoms with van der Waals surface area (Å²) in [4.78, 5) is 14.0. The fourth-order valence-electron chi connectivity index (χ4n) is 2.85. The van der Waals surface area contributed by atoms with Crippen molar-refractivity contribution in [3.8, 4) is 0 Å². The average molecular weight is 274 g/mol. The van der Waals surface area contributed by atoms with Crippen LogP contribution in [-0.4, -0.2) is 37.5 Å². The molecule has 1 amide bonds. The zero-order valence-electron chi connectivity index (χ0n) is 12.5. The molecule has 0 saturated carbocycles. The van der Waals surface area contributed by atoms with Crippen molar-refractivity contribution in [1.82, 2.24) is 10.2 Å². The van der Waals surface area contributed by atoms with E-state index in [-0.39, 0.29) is 5.91 Å². The minimum Gasteiger partial charge on any atom is -0.345 e. The van der Waals surface area contributed by atoms with E-state index in [0.29, 0.717) is 12.3 Å². The highest BCUT2D eigenvalue weighted by Gasteiger charge is 2.17. The Morgan fingerprint density at radius 3 is 2.85 bits per heavy atom. The lowest BCUT2D eigenvalue weighted by atomic mass is 9.99. The van der Waals surface area contributed by atoms with Gasteiger partial charge in [-0.1, -0.05) is 30.3 Å². The molecule has 1 atom stereocenters. The highest BCUT2D eigenvalue weighted by molar-refractivity contribution is 5.75. The lowest BCUT2D eigenvalue weighted by Gasteiger charge is -2.27. The monoisotopic (exact) mass is 274 g/mol. The summed E-state index contributed by atoms with van der Waals surface area (Å²) in [7, 11) is 1.94. The summed E-state index contributed by atoms with van der Waals surface area (Å²) in [6, 6.07) is 10.4. The van der Waals surface area contributed by atoms with Crippen LogP contribution in [0.25, 0.3) is 0 Å². The largest absolute Gasteiger partial charge is 0.345 e. The molecule has 1 aliphatic heterocycles. The van der Waals surface area contributed by atoms with E-state index in [4.69, 9.17) is 0 Å². The maximum atomic E-state index is 12.1. The fraction of sp³-hybridized carbons (Fsp3) is 0.588. The molecular weight excluding hydrogens is 248 g/mol. The van der Waals surface area contributed by atoms with E-state index in [1.807, 2.05) is 18.0 Å². The molecule has 0 bridgehead atoms. The molecule has 3 nitrogen and oxygen atoms in total. The van der Waals surface area contributed by atoms with Gasteiger partial charge in [0.1, 0.15) is 0 Å². The quantitative estimate of drug-likeness (QED) is 0.864. The van der Waals surface area contributed by atoms with E-state index in [1.165, 1.54) is 18.4 Å². The third kappa shape index (κ3) is 4.97. The number of carbonyl (C=O) groups excluding carboxylic acids is 1. The van der Waals surface area contributed by atoms with Crippen molar-refractivity contribution in [1.29, 1.82) is 0 Å². The van der Waals surface area contributed by atoms with Crippen molar-refractivity contribution in [3.05, 3.63) is 35.9 Å². The van der Waals surface area contributed by atoms with Gasteiger partial charge in [0.25, 0.3) is 0 Å². The molecule has 1 N–H and O–H groups in total. The van der Waals surface area contributed by atoms with Gasteiger partial charge in [-0.25, -0.2) is 0 Å².